The first-order valence-electron chi connectivity index (χ1n) is 8.73. The topological polar surface area (TPSA) is 89.7 Å². The highest BCUT2D eigenvalue weighted by Gasteiger charge is 2.13. The van der Waals surface area contributed by atoms with Gasteiger partial charge in [0.25, 0.3) is 5.89 Å². The fourth-order valence-corrected chi connectivity index (χ4v) is 2.56. The SMILES string of the molecule is COc1ccc(NC(=O)N(C)CCc2noc(-c3ccccc3)n2)cc1OC. The third-order valence-corrected chi connectivity index (χ3v) is 4.14. The van der Waals surface area contributed by atoms with Crippen molar-refractivity contribution in [3.63, 3.8) is 0 Å². The molecule has 0 saturated carbocycles. The van der Waals surface area contributed by atoms with Crippen LogP contribution >= 0.6 is 0 Å². The minimum Gasteiger partial charge on any atom is -0.493 e. The van der Waals surface area contributed by atoms with Gasteiger partial charge in [-0.3, -0.25) is 0 Å². The van der Waals surface area contributed by atoms with Crippen LogP contribution in [0.2, 0.25) is 0 Å². The number of likely N-dealkylation sites (N-methyl/N-ethyl adjacent to an activating group) is 1. The van der Waals surface area contributed by atoms with Crippen molar-refractivity contribution in [1.29, 1.82) is 0 Å². The number of hydrogen-bond donors (Lipinski definition) is 1. The van der Waals surface area contributed by atoms with Gasteiger partial charge in [-0.25, -0.2) is 4.79 Å². The zero-order valence-corrected chi connectivity index (χ0v) is 16.0. The first-order chi connectivity index (χ1) is 13.6. The lowest BCUT2D eigenvalue weighted by Crippen LogP contribution is -2.33. The number of ether oxygens (including phenoxy) is 2. The minimum atomic E-state index is -0.251. The molecule has 0 bridgehead atoms. The van der Waals surface area contributed by atoms with Crippen LogP contribution in [-0.2, 0) is 6.42 Å². The van der Waals surface area contributed by atoms with Gasteiger partial charge in [0.15, 0.2) is 17.3 Å². The molecule has 2 aromatic carbocycles. The lowest BCUT2D eigenvalue weighted by atomic mass is 10.2. The second-order valence-corrected chi connectivity index (χ2v) is 6.05. The van der Waals surface area contributed by atoms with Crippen LogP contribution < -0.4 is 14.8 Å². The van der Waals surface area contributed by atoms with E-state index in [4.69, 9.17) is 14.0 Å². The molecule has 1 aromatic heterocycles. The number of methoxy groups -OCH3 is 2. The van der Waals surface area contributed by atoms with Crippen LogP contribution in [0.1, 0.15) is 5.82 Å². The van der Waals surface area contributed by atoms with Crippen LogP contribution in [-0.4, -0.2) is 48.9 Å². The Kier molecular flexibility index (Phi) is 6.11. The van der Waals surface area contributed by atoms with Gasteiger partial charge in [-0.05, 0) is 24.3 Å². The molecule has 2 amide bonds. The molecule has 0 aliphatic rings. The first-order valence-corrected chi connectivity index (χ1v) is 8.73. The van der Waals surface area contributed by atoms with Crippen molar-refractivity contribution >= 4 is 11.7 Å². The Hall–Kier alpha value is -3.55. The third kappa shape index (κ3) is 4.59. The Morgan fingerprint density at radius 1 is 1.11 bits per heavy atom. The molecule has 0 saturated heterocycles. The standard InChI is InChI=1S/C20H22N4O4/c1-24(20(25)21-15-9-10-16(26-2)17(13-15)27-3)12-11-18-22-19(28-23-18)14-7-5-4-6-8-14/h4-10,13H,11-12H2,1-3H3,(H,21,25). The molecule has 8 heteroatoms. The summed E-state index contributed by atoms with van der Waals surface area (Å²) >= 11 is 0. The van der Waals surface area contributed by atoms with Crippen molar-refractivity contribution in [2.75, 3.05) is 33.1 Å². The molecule has 0 spiro atoms. The fourth-order valence-electron chi connectivity index (χ4n) is 2.56. The van der Waals surface area contributed by atoms with E-state index in [-0.39, 0.29) is 6.03 Å². The van der Waals surface area contributed by atoms with E-state index in [2.05, 4.69) is 15.5 Å². The number of rotatable bonds is 7. The van der Waals surface area contributed by atoms with Gasteiger partial charge in [0.2, 0.25) is 0 Å². The summed E-state index contributed by atoms with van der Waals surface area (Å²) in [4.78, 5) is 18.3. The summed E-state index contributed by atoms with van der Waals surface area (Å²) in [6, 6.07) is 14.5. The number of amides is 2. The largest absolute Gasteiger partial charge is 0.493 e. The summed E-state index contributed by atoms with van der Waals surface area (Å²) in [5.74, 6) is 2.15. The number of benzene rings is 2. The van der Waals surface area contributed by atoms with Gasteiger partial charge in [-0.2, -0.15) is 4.98 Å². The van der Waals surface area contributed by atoms with Crippen LogP contribution in [0.4, 0.5) is 10.5 Å². The van der Waals surface area contributed by atoms with E-state index in [1.165, 1.54) is 0 Å². The van der Waals surface area contributed by atoms with Crippen molar-refractivity contribution in [2.45, 2.75) is 6.42 Å². The number of urea groups is 1. The van der Waals surface area contributed by atoms with Crippen molar-refractivity contribution < 1.29 is 18.8 Å². The maximum atomic E-state index is 12.4. The quantitative estimate of drug-likeness (QED) is 0.673. The van der Waals surface area contributed by atoms with Crippen molar-refractivity contribution in [3.8, 4) is 23.0 Å². The Morgan fingerprint density at radius 3 is 2.57 bits per heavy atom. The predicted octanol–water partition coefficient (Wildman–Crippen LogP) is 3.46. The molecule has 1 heterocycles. The smallest absolute Gasteiger partial charge is 0.321 e. The van der Waals surface area contributed by atoms with Gasteiger partial charge in [0.05, 0.1) is 14.2 Å². The molecule has 8 nitrogen and oxygen atoms in total. The van der Waals surface area contributed by atoms with Gasteiger partial charge >= 0.3 is 6.03 Å². The molecule has 0 unspecified atom stereocenters. The van der Waals surface area contributed by atoms with E-state index in [0.29, 0.717) is 41.9 Å². The third-order valence-electron chi connectivity index (χ3n) is 4.14. The summed E-state index contributed by atoms with van der Waals surface area (Å²) in [5.41, 5.74) is 1.47. The Labute approximate surface area is 163 Å². The van der Waals surface area contributed by atoms with Gasteiger partial charge in [0, 0.05) is 37.3 Å². The molecule has 3 aromatic rings. The lowest BCUT2D eigenvalue weighted by molar-refractivity contribution is 0.222. The molecule has 0 aliphatic carbocycles. The monoisotopic (exact) mass is 382 g/mol. The molecule has 1 N–H and O–H groups in total. The van der Waals surface area contributed by atoms with Crippen LogP contribution in [0.25, 0.3) is 11.5 Å². The van der Waals surface area contributed by atoms with E-state index in [1.54, 1.807) is 44.4 Å². The van der Waals surface area contributed by atoms with E-state index in [1.807, 2.05) is 30.3 Å². The zero-order valence-electron chi connectivity index (χ0n) is 16.0. The second kappa shape index (κ2) is 8.90. The maximum absolute atomic E-state index is 12.4. The summed E-state index contributed by atoms with van der Waals surface area (Å²) in [6.45, 7) is 0.437. The van der Waals surface area contributed by atoms with Gasteiger partial charge < -0.3 is 24.2 Å². The number of carbonyl (C=O) groups excluding carboxylic acids is 1. The molecule has 28 heavy (non-hydrogen) atoms. The first kappa shape index (κ1) is 19.2. The van der Waals surface area contributed by atoms with Crippen molar-refractivity contribution in [1.82, 2.24) is 15.0 Å². The number of anilines is 1. The number of carbonyl (C=O) groups is 1. The van der Waals surface area contributed by atoms with Crippen molar-refractivity contribution in [2.24, 2.45) is 0 Å². The number of nitrogens with one attached hydrogen (secondary N) is 1. The van der Waals surface area contributed by atoms with Gasteiger partial charge in [-0.15, -0.1) is 0 Å². The number of hydrogen-bond acceptors (Lipinski definition) is 6. The summed E-state index contributed by atoms with van der Waals surface area (Å²) in [6.07, 6.45) is 0.478. The maximum Gasteiger partial charge on any atom is 0.321 e. The summed E-state index contributed by atoms with van der Waals surface area (Å²) in [5, 5.41) is 6.80. The number of nitrogens with zero attached hydrogens (tertiary/aromatic N) is 3. The Morgan fingerprint density at radius 2 is 1.86 bits per heavy atom. The molecule has 0 radical (unpaired) electrons. The van der Waals surface area contributed by atoms with Gasteiger partial charge in [0.1, 0.15) is 0 Å². The molecule has 0 atom stereocenters. The molecule has 0 fully saturated rings. The highest BCUT2D eigenvalue weighted by Crippen LogP contribution is 2.29. The molecule has 146 valence electrons. The molecular formula is C20H22N4O4. The van der Waals surface area contributed by atoms with Crippen LogP contribution in [0.5, 0.6) is 11.5 Å². The average molecular weight is 382 g/mol. The molecule has 3 rings (SSSR count). The van der Waals surface area contributed by atoms with E-state index < -0.39 is 0 Å². The fraction of sp³-hybridized carbons (Fsp3) is 0.250. The van der Waals surface area contributed by atoms with E-state index >= 15 is 0 Å². The van der Waals surface area contributed by atoms with Crippen LogP contribution in [0.3, 0.4) is 0 Å². The molecular weight excluding hydrogens is 360 g/mol. The minimum absolute atomic E-state index is 0.251. The zero-order chi connectivity index (χ0) is 19.9. The van der Waals surface area contributed by atoms with Crippen LogP contribution in [0, 0.1) is 0 Å². The van der Waals surface area contributed by atoms with Crippen LogP contribution in [0.15, 0.2) is 53.1 Å². The summed E-state index contributed by atoms with van der Waals surface area (Å²) in [7, 11) is 4.81. The van der Waals surface area contributed by atoms with Crippen molar-refractivity contribution in [3.05, 3.63) is 54.4 Å². The highest BCUT2D eigenvalue weighted by atomic mass is 16.5. The summed E-state index contributed by atoms with van der Waals surface area (Å²) < 4.78 is 15.7. The predicted molar refractivity (Wildman–Crippen MR) is 105 cm³/mol. The average Bonchev–Trinajstić information content (AvgIpc) is 3.21. The number of aromatic nitrogens is 2. The van der Waals surface area contributed by atoms with Gasteiger partial charge in [-0.1, -0.05) is 23.4 Å². The molecule has 0 aliphatic heterocycles. The Balaban J connectivity index is 1.56. The second-order valence-electron chi connectivity index (χ2n) is 6.05. The van der Waals surface area contributed by atoms with E-state index in [9.17, 15) is 4.79 Å². The Bertz CT molecular complexity index is 927. The lowest BCUT2D eigenvalue weighted by Gasteiger charge is -2.17. The normalized spacial score (nSPS) is 10.4. The highest BCUT2D eigenvalue weighted by molar-refractivity contribution is 5.89. The van der Waals surface area contributed by atoms with E-state index in [0.717, 1.165) is 5.56 Å².